The molecule has 3 heteroatoms. The highest BCUT2D eigenvalue weighted by Gasteiger charge is 2.00. The van der Waals surface area contributed by atoms with Crippen molar-refractivity contribution in [3.05, 3.63) is 23.8 Å². The van der Waals surface area contributed by atoms with E-state index in [-0.39, 0.29) is 5.82 Å². The molecule has 0 unspecified atom stereocenters. The molecule has 0 aliphatic carbocycles. The largest absolute Gasteiger partial charge is 0.492 e. The van der Waals surface area contributed by atoms with E-state index in [4.69, 9.17) is 4.74 Å². The molecule has 1 aromatic heterocycles. The maximum atomic E-state index is 12.9. The molecule has 0 saturated heterocycles. The van der Waals surface area contributed by atoms with Crippen LogP contribution in [0.15, 0.2) is 12.3 Å². The van der Waals surface area contributed by atoms with Crippen LogP contribution in [0.5, 0.6) is 5.75 Å². The summed E-state index contributed by atoms with van der Waals surface area (Å²) >= 11 is 0. The molecule has 0 aliphatic heterocycles. The molecule has 72 valence electrons. The summed E-state index contributed by atoms with van der Waals surface area (Å²) in [6.45, 7) is 4.34. The zero-order valence-electron chi connectivity index (χ0n) is 8.01. The molecule has 0 amide bonds. The lowest BCUT2D eigenvalue weighted by atomic mass is 10.3. The van der Waals surface area contributed by atoms with Gasteiger partial charge in [-0.2, -0.15) is 0 Å². The molecule has 1 aromatic rings. The van der Waals surface area contributed by atoms with Crippen LogP contribution in [0.3, 0.4) is 0 Å². The van der Waals surface area contributed by atoms with Crippen molar-refractivity contribution < 1.29 is 9.13 Å². The second-order valence-corrected chi connectivity index (χ2v) is 2.94. The number of unbranched alkanes of at least 4 members (excludes halogenated alkanes) is 1. The summed E-state index contributed by atoms with van der Waals surface area (Å²) in [6.07, 6.45) is 3.60. The van der Waals surface area contributed by atoms with Gasteiger partial charge in [-0.15, -0.1) is 0 Å². The molecule has 0 saturated carbocycles. The number of hydrogen-bond acceptors (Lipinski definition) is 2. The van der Waals surface area contributed by atoms with Gasteiger partial charge in [-0.1, -0.05) is 13.3 Å². The van der Waals surface area contributed by atoms with E-state index < -0.39 is 0 Å². The molecule has 2 nitrogen and oxygen atoms in total. The minimum atomic E-state index is -0.311. The molecular weight excluding hydrogens is 169 g/mol. The zero-order chi connectivity index (χ0) is 9.68. The van der Waals surface area contributed by atoms with E-state index in [1.165, 1.54) is 6.07 Å². The predicted octanol–water partition coefficient (Wildman–Crippen LogP) is 2.71. The number of pyridine rings is 1. The van der Waals surface area contributed by atoms with Crippen molar-refractivity contribution in [2.75, 3.05) is 6.61 Å². The van der Waals surface area contributed by atoms with Gasteiger partial charge >= 0.3 is 0 Å². The molecule has 13 heavy (non-hydrogen) atoms. The Bertz CT molecular complexity index is 276. The average Bonchev–Trinajstić information content (AvgIpc) is 2.12. The molecule has 0 radical (unpaired) electrons. The van der Waals surface area contributed by atoms with Crippen LogP contribution in [0, 0.1) is 12.7 Å². The van der Waals surface area contributed by atoms with Gasteiger partial charge in [-0.05, 0) is 13.3 Å². The maximum Gasteiger partial charge on any atom is 0.148 e. The van der Waals surface area contributed by atoms with E-state index in [1.807, 2.05) is 0 Å². The summed E-state index contributed by atoms with van der Waals surface area (Å²) in [6, 6.07) is 1.37. The maximum absolute atomic E-state index is 12.9. The number of aryl methyl sites for hydroxylation is 1. The highest BCUT2D eigenvalue weighted by Crippen LogP contribution is 2.13. The molecule has 0 aliphatic rings. The van der Waals surface area contributed by atoms with Crippen molar-refractivity contribution >= 4 is 0 Å². The topological polar surface area (TPSA) is 22.1 Å². The van der Waals surface area contributed by atoms with Gasteiger partial charge in [0, 0.05) is 6.07 Å². The van der Waals surface area contributed by atoms with E-state index >= 15 is 0 Å². The number of halogens is 1. The molecule has 0 N–H and O–H groups in total. The summed E-state index contributed by atoms with van der Waals surface area (Å²) in [5, 5.41) is 0. The standard InChI is InChI=1S/C10H14FNO/c1-3-4-5-13-9-6-10(11)8(2)12-7-9/h6-7H,3-5H2,1-2H3. The Balaban J connectivity index is 2.53. The fourth-order valence-corrected chi connectivity index (χ4v) is 0.902. The molecule has 0 atom stereocenters. The van der Waals surface area contributed by atoms with E-state index in [0.29, 0.717) is 18.1 Å². The third-order valence-electron chi connectivity index (χ3n) is 1.77. The van der Waals surface area contributed by atoms with Gasteiger partial charge in [0.05, 0.1) is 18.5 Å². The van der Waals surface area contributed by atoms with Gasteiger partial charge in [0.15, 0.2) is 0 Å². The van der Waals surface area contributed by atoms with Crippen LogP contribution < -0.4 is 4.74 Å². The molecule has 0 fully saturated rings. The monoisotopic (exact) mass is 183 g/mol. The third kappa shape index (κ3) is 3.01. The first-order chi connectivity index (χ1) is 6.24. The Morgan fingerprint density at radius 2 is 2.31 bits per heavy atom. The predicted molar refractivity (Wildman–Crippen MR) is 49.3 cm³/mol. The third-order valence-corrected chi connectivity index (χ3v) is 1.77. The van der Waals surface area contributed by atoms with Crippen LogP contribution in [-0.4, -0.2) is 11.6 Å². The lowest BCUT2D eigenvalue weighted by Crippen LogP contribution is -1.98. The average molecular weight is 183 g/mol. The second kappa shape index (κ2) is 4.80. The summed E-state index contributed by atoms with van der Waals surface area (Å²) < 4.78 is 18.2. The quantitative estimate of drug-likeness (QED) is 0.669. The smallest absolute Gasteiger partial charge is 0.148 e. The van der Waals surface area contributed by atoms with Gasteiger partial charge < -0.3 is 4.74 Å². The number of aromatic nitrogens is 1. The second-order valence-electron chi connectivity index (χ2n) is 2.94. The summed E-state index contributed by atoms with van der Waals surface area (Å²) in [5.74, 6) is 0.200. The van der Waals surface area contributed by atoms with Gasteiger partial charge in [-0.3, -0.25) is 4.98 Å². The summed E-state index contributed by atoms with van der Waals surface area (Å²) in [4.78, 5) is 3.86. The van der Waals surface area contributed by atoms with Crippen molar-refractivity contribution in [3.63, 3.8) is 0 Å². The lowest BCUT2D eigenvalue weighted by molar-refractivity contribution is 0.306. The van der Waals surface area contributed by atoms with E-state index in [1.54, 1.807) is 13.1 Å². The highest BCUT2D eigenvalue weighted by atomic mass is 19.1. The van der Waals surface area contributed by atoms with Crippen molar-refractivity contribution in [1.82, 2.24) is 4.98 Å². The first-order valence-electron chi connectivity index (χ1n) is 4.49. The Kier molecular flexibility index (Phi) is 3.68. The minimum absolute atomic E-state index is 0.311. The van der Waals surface area contributed by atoms with Crippen molar-refractivity contribution in [2.45, 2.75) is 26.7 Å². The van der Waals surface area contributed by atoms with Gasteiger partial charge in [0.25, 0.3) is 0 Å². The lowest BCUT2D eigenvalue weighted by Gasteiger charge is -2.04. The highest BCUT2D eigenvalue weighted by molar-refractivity contribution is 5.20. The minimum Gasteiger partial charge on any atom is -0.492 e. The fourth-order valence-electron chi connectivity index (χ4n) is 0.902. The first-order valence-corrected chi connectivity index (χ1v) is 4.49. The van der Waals surface area contributed by atoms with Gasteiger partial charge in [-0.25, -0.2) is 4.39 Å². The Hall–Kier alpha value is -1.12. The van der Waals surface area contributed by atoms with E-state index in [2.05, 4.69) is 11.9 Å². The number of rotatable bonds is 4. The van der Waals surface area contributed by atoms with Crippen molar-refractivity contribution in [1.29, 1.82) is 0 Å². The van der Waals surface area contributed by atoms with Crippen molar-refractivity contribution in [2.24, 2.45) is 0 Å². The van der Waals surface area contributed by atoms with Crippen LogP contribution in [0.25, 0.3) is 0 Å². The molecule has 0 spiro atoms. The number of ether oxygens (including phenoxy) is 1. The fraction of sp³-hybridized carbons (Fsp3) is 0.500. The Morgan fingerprint density at radius 1 is 1.54 bits per heavy atom. The van der Waals surface area contributed by atoms with Crippen LogP contribution >= 0.6 is 0 Å². The molecule has 1 heterocycles. The number of hydrogen-bond donors (Lipinski definition) is 0. The van der Waals surface area contributed by atoms with Crippen LogP contribution in [0.2, 0.25) is 0 Å². The Labute approximate surface area is 77.8 Å². The molecule has 0 bridgehead atoms. The van der Waals surface area contributed by atoms with Crippen LogP contribution in [0.1, 0.15) is 25.5 Å². The summed E-state index contributed by atoms with van der Waals surface area (Å²) in [5.41, 5.74) is 0.405. The van der Waals surface area contributed by atoms with Gasteiger partial charge in [0.1, 0.15) is 11.6 Å². The van der Waals surface area contributed by atoms with E-state index in [9.17, 15) is 4.39 Å². The van der Waals surface area contributed by atoms with E-state index in [0.717, 1.165) is 12.8 Å². The van der Waals surface area contributed by atoms with Crippen molar-refractivity contribution in [3.8, 4) is 5.75 Å². The normalized spacial score (nSPS) is 10.1. The first kappa shape index (κ1) is 9.96. The Morgan fingerprint density at radius 3 is 2.92 bits per heavy atom. The van der Waals surface area contributed by atoms with Gasteiger partial charge in [0.2, 0.25) is 0 Å². The molecular formula is C10H14FNO. The van der Waals surface area contributed by atoms with Crippen LogP contribution in [0.4, 0.5) is 4.39 Å². The molecule has 1 rings (SSSR count). The zero-order valence-corrected chi connectivity index (χ0v) is 8.01. The SMILES string of the molecule is CCCCOc1cnc(C)c(F)c1. The van der Waals surface area contributed by atoms with Crippen LogP contribution in [-0.2, 0) is 0 Å². The number of nitrogens with zero attached hydrogens (tertiary/aromatic N) is 1. The molecule has 0 aromatic carbocycles. The summed E-state index contributed by atoms with van der Waals surface area (Å²) in [7, 11) is 0.